The highest BCUT2D eigenvalue weighted by Gasteiger charge is 2.25. The maximum Gasteiger partial charge on any atom is 0.251 e. The molecule has 31 heavy (non-hydrogen) atoms. The molecule has 1 N–H and O–H groups in total. The first kappa shape index (κ1) is 25.2. The summed E-state index contributed by atoms with van der Waals surface area (Å²) in [6, 6.07) is 16.5. The van der Waals surface area contributed by atoms with E-state index in [0.29, 0.717) is 12.1 Å². The minimum Gasteiger partial charge on any atom is -0.491 e. The number of hydrogen-bond donors (Lipinski definition) is 1. The average Bonchev–Trinajstić information content (AvgIpc) is 3.22. The van der Waals surface area contributed by atoms with E-state index in [4.69, 9.17) is 4.74 Å². The van der Waals surface area contributed by atoms with Crippen LogP contribution in [0.5, 0.6) is 5.75 Å². The number of nitrogens with one attached hydrogen (secondary N) is 1. The molecule has 3 rings (SSSR count). The number of amides is 1. The molecule has 1 saturated heterocycles. The van der Waals surface area contributed by atoms with Gasteiger partial charge in [-0.15, -0.1) is 12.4 Å². The van der Waals surface area contributed by atoms with Crippen LogP contribution < -0.4 is 10.1 Å². The summed E-state index contributed by atoms with van der Waals surface area (Å²) in [6.45, 7) is 13.5. The summed E-state index contributed by atoms with van der Waals surface area (Å²) in [6.07, 6.45) is 2.57. The van der Waals surface area contributed by atoms with Crippen molar-refractivity contribution in [2.75, 3.05) is 19.6 Å². The van der Waals surface area contributed by atoms with E-state index in [1.165, 1.54) is 24.0 Å². The zero-order valence-corrected chi connectivity index (χ0v) is 20.3. The van der Waals surface area contributed by atoms with Crippen molar-refractivity contribution in [3.05, 3.63) is 65.2 Å². The molecule has 2 aromatic rings. The van der Waals surface area contributed by atoms with Gasteiger partial charge in [-0.1, -0.05) is 45.0 Å². The first-order valence-electron chi connectivity index (χ1n) is 11.1. The summed E-state index contributed by atoms with van der Waals surface area (Å²) >= 11 is 0. The number of nitrogens with zero attached hydrogens (tertiary/aromatic N) is 1. The van der Waals surface area contributed by atoms with Gasteiger partial charge < -0.3 is 10.1 Å². The molecule has 5 heteroatoms. The van der Waals surface area contributed by atoms with Crippen molar-refractivity contribution in [1.29, 1.82) is 0 Å². The molecule has 0 bridgehead atoms. The van der Waals surface area contributed by atoms with Crippen LogP contribution in [0.4, 0.5) is 0 Å². The fourth-order valence-electron chi connectivity index (χ4n) is 3.96. The lowest BCUT2D eigenvalue weighted by molar-refractivity contribution is 0.0938. The SMILES string of the molecule is CC(C)Oc1ccc(C(=O)NCC(c2ccc(C(C)(C)C)cc2)N2CCCC2)cc1.Cl. The highest BCUT2D eigenvalue weighted by atomic mass is 35.5. The second kappa shape index (κ2) is 11.0. The maximum atomic E-state index is 12.7. The third kappa shape index (κ3) is 6.98. The number of likely N-dealkylation sites (tertiary alicyclic amines) is 1. The van der Waals surface area contributed by atoms with Gasteiger partial charge in [-0.2, -0.15) is 0 Å². The molecule has 0 spiro atoms. The summed E-state index contributed by atoms with van der Waals surface area (Å²) in [5.41, 5.74) is 3.40. The Morgan fingerprint density at radius 1 is 1.00 bits per heavy atom. The van der Waals surface area contributed by atoms with Crippen LogP contribution in [-0.2, 0) is 5.41 Å². The number of hydrogen-bond acceptors (Lipinski definition) is 3. The summed E-state index contributed by atoms with van der Waals surface area (Å²) in [5, 5.41) is 3.16. The van der Waals surface area contributed by atoms with E-state index in [-0.39, 0.29) is 35.9 Å². The molecule has 0 aliphatic carbocycles. The molecule has 1 amide bonds. The van der Waals surface area contributed by atoms with E-state index < -0.39 is 0 Å². The Kier molecular flexibility index (Phi) is 8.96. The predicted molar refractivity (Wildman–Crippen MR) is 130 cm³/mol. The topological polar surface area (TPSA) is 41.6 Å². The average molecular weight is 445 g/mol. The van der Waals surface area contributed by atoms with Gasteiger partial charge in [-0.3, -0.25) is 9.69 Å². The third-order valence-corrected chi connectivity index (χ3v) is 5.69. The standard InChI is InChI=1S/C26H36N2O2.ClH/c1-19(2)30-23-14-10-21(11-15-23)25(29)27-18-24(28-16-6-7-17-28)20-8-12-22(13-9-20)26(3,4)5;/h8-15,19,24H,6-7,16-18H2,1-5H3,(H,27,29);1H. The molecule has 170 valence electrons. The number of ether oxygens (including phenoxy) is 1. The fourth-order valence-corrected chi connectivity index (χ4v) is 3.96. The van der Waals surface area contributed by atoms with Gasteiger partial charge in [0.15, 0.2) is 0 Å². The Bertz CT molecular complexity index is 820. The molecule has 1 fully saturated rings. The molecule has 4 nitrogen and oxygen atoms in total. The van der Waals surface area contributed by atoms with Crippen LogP contribution >= 0.6 is 12.4 Å². The second-order valence-electron chi connectivity index (χ2n) is 9.53. The number of rotatable bonds is 7. The first-order valence-corrected chi connectivity index (χ1v) is 11.1. The molecular formula is C26H37ClN2O2. The van der Waals surface area contributed by atoms with Crippen molar-refractivity contribution in [2.24, 2.45) is 0 Å². The van der Waals surface area contributed by atoms with E-state index in [9.17, 15) is 4.79 Å². The highest BCUT2D eigenvalue weighted by molar-refractivity contribution is 5.94. The summed E-state index contributed by atoms with van der Waals surface area (Å²) < 4.78 is 5.67. The van der Waals surface area contributed by atoms with Crippen molar-refractivity contribution in [2.45, 2.75) is 65.0 Å². The van der Waals surface area contributed by atoms with Crippen LogP contribution in [0, 0.1) is 0 Å². The number of carbonyl (C=O) groups is 1. The highest BCUT2D eigenvalue weighted by Crippen LogP contribution is 2.28. The maximum absolute atomic E-state index is 12.7. The predicted octanol–water partition coefficient (Wildman–Crippen LogP) is 5.76. The van der Waals surface area contributed by atoms with Crippen molar-refractivity contribution in [1.82, 2.24) is 10.2 Å². The summed E-state index contributed by atoms with van der Waals surface area (Å²) in [7, 11) is 0. The van der Waals surface area contributed by atoms with Gasteiger partial charge in [0.05, 0.1) is 12.1 Å². The zero-order valence-electron chi connectivity index (χ0n) is 19.5. The lowest BCUT2D eigenvalue weighted by Gasteiger charge is -2.29. The van der Waals surface area contributed by atoms with Crippen molar-refractivity contribution in [3.8, 4) is 5.75 Å². The van der Waals surface area contributed by atoms with E-state index in [1.54, 1.807) is 0 Å². The van der Waals surface area contributed by atoms with E-state index in [1.807, 2.05) is 38.1 Å². The lowest BCUT2D eigenvalue weighted by atomic mass is 9.86. The van der Waals surface area contributed by atoms with Gasteiger partial charge in [-0.05, 0) is 80.6 Å². The van der Waals surface area contributed by atoms with Gasteiger partial charge in [0.2, 0.25) is 0 Å². The fraction of sp³-hybridized carbons (Fsp3) is 0.500. The summed E-state index contributed by atoms with van der Waals surface area (Å²) in [5.74, 6) is 0.747. The molecular weight excluding hydrogens is 408 g/mol. The molecule has 2 aromatic carbocycles. The minimum atomic E-state index is -0.0402. The first-order chi connectivity index (χ1) is 14.2. The molecule has 1 aliphatic heterocycles. The monoisotopic (exact) mass is 444 g/mol. The van der Waals surface area contributed by atoms with Gasteiger partial charge in [0.25, 0.3) is 5.91 Å². The van der Waals surface area contributed by atoms with E-state index >= 15 is 0 Å². The number of benzene rings is 2. The van der Waals surface area contributed by atoms with Crippen molar-refractivity contribution in [3.63, 3.8) is 0 Å². The van der Waals surface area contributed by atoms with E-state index in [2.05, 4.69) is 55.3 Å². The number of halogens is 1. The van der Waals surface area contributed by atoms with Gasteiger partial charge >= 0.3 is 0 Å². The van der Waals surface area contributed by atoms with E-state index in [0.717, 1.165) is 18.8 Å². The van der Waals surface area contributed by atoms with Crippen LogP contribution in [0.3, 0.4) is 0 Å². The second-order valence-corrected chi connectivity index (χ2v) is 9.53. The van der Waals surface area contributed by atoms with Crippen LogP contribution in [0.1, 0.15) is 75.0 Å². The largest absolute Gasteiger partial charge is 0.491 e. The Hall–Kier alpha value is -2.04. The van der Waals surface area contributed by atoms with Crippen molar-refractivity contribution < 1.29 is 9.53 Å². The molecule has 0 aromatic heterocycles. The van der Waals surface area contributed by atoms with Gasteiger partial charge in [0, 0.05) is 12.1 Å². The molecule has 1 atom stereocenters. The zero-order chi connectivity index (χ0) is 21.7. The van der Waals surface area contributed by atoms with Crippen molar-refractivity contribution >= 4 is 18.3 Å². The quantitative estimate of drug-likeness (QED) is 0.590. The Balaban J connectivity index is 0.00000341. The lowest BCUT2D eigenvalue weighted by Crippen LogP contribution is -2.36. The van der Waals surface area contributed by atoms with Crippen LogP contribution in [-0.4, -0.2) is 36.5 Å². The molecule has 1 heterocycles. The normalized spacial score (nSPS) is 15.4. The molecule has 1 unspecified atom stereocenters. The Labute approximate surface area is 193 Å². The Morgan fingerprint density at radius 2 is 1.58 bits per heavy atom. The van der Waals surface area contributed by atoms with Gasteiger partial charge in [0.1, 0.15) is 5.75 Å². The Morgan fingerprint density at radius 3 is 2.10 bits per heavy atom. The molecule has 0 radical (unpaired) electrons. The van der Waals surface area contributed by atoms with Crippen LogP contribution in [0.15, 0.2) is 48.5 Å². The molecule has 0 saturated carbocycles. The van der Waals surface area contributed by atoms with Crippen LogP contribution in [0.2, 0.25) is 0 Å². The number of carbonyl (C=O) groups excluding carboxylic acids is 1. The minimum absolute atomic E-state index is 0. The smallest absolute Gasteiger partial charge is 0.251 e. The van der Waals surface area contributed by atoms with Gasteiger partial charge in [-0.25, -0.2) is 0 Å². The van der Waals surface area contributed by atoms with Crippen LogP contribution in [0.25, 0.3) is 0 Å². The molecule has 1 aliphatic rings. The summed E-state index contributed by atoms with van der Waals surface area (Å²) in [4.78, 5) is 15.2. The third-order valence-electron chi connectivity index (χ3n) is 5.69.